The summed E-state index contributed by atoms with van der Waals surface area (Å²) in [6, 6.07) is 14.9. The van der Waals surface area contributed by atoms with Crippen LogP contribution in [-0.4, -0.2) is 11.0 Å². The predicted octanol–water partition coefficient (Wildman–Crippen LogP) is 4.90. The first-order valence-electron chi connectivity index (χ1n) is 6.98. The van der Waals surface area contributed by atoms with Crippen molar-refractivity contribution < 1.29 is 9.18 Å². The van der Waals surface area contributed by atoms with E-state index in [1.807, 2.05) is 25.1 Å². The number of urea groups is 1. The van der Waals surface area contributed by atoms with Crippen molar-refractivity contribution in [2.24, 2.45) is 0 Å². The Bertz CT molecular complexity index is 816. The Morgan fingerprint density at radius 3 is 2.43 bits per heavy atom. The van der Waals surface area contributed by atoms with E-state index in [-0.39, 0.29) is 11.8 Å². The van der Waals surface area contributed by atoms with E-state index in [0.29, 0.717) is 10.8 Å². The van der Waals surface area contributed by atoms with Crippen LogP contribution in [0.5, 0.6) is 0 Å². The first kappa shape index (κ1) is 15.2. The Balaban J connectivity index is 1.73. The van der Waals surface area contributed by atoms with Crippen molar-refractivity contribution in [2.45, 2.75) is 6.92 Å². The number of aromatic nitrogens is 1. The second-order valence-electron chi connectivity index (χ2n) is 4.88. The molecule has 2 N–H and O–H groups in total. The van der Waals surface area contributed by atoms with Gasteiger partial charge in [-0.3, -0.25) is 5.32 Å². The molecule has 6 heteroatoms. The predicted molar refractivity (Wildman–Crippen MR) is 91.3 cm³/mol. The monoisotopic (exact) mass is 327 g/mol. The van der Waals surface area contributed by atoms with Gasteiger partial charge < -0.3 is 5.32 Å². The van der Waals surface area contributed by atoms with Gasteiger partial charge >= 0.3 is 6.03 Å². The van der Waals surface area contributed by atoms with E-state index < -0.39 is 0 Å². The molecule has 0 aliphatic carbocycles. The highest BCUT2D eigenvalue weighted by molar-refractivity contribution is 7.16. The smallest absolute Gasteiger partial charge is 0.308 e. The lowest BCUT2D eigenvalue weighted by atomic mass is 10.1. The van der Waals surface area contributed by atoms with Gasteiger partial charge in [-0.15, -0.1) is 11.3 Å². The minimum atomic E-state index is -0.351. The maximum atomic E-state index is 13.0. The van der Waals surface area contributed by atoms with E-state index in [2.05, 4.69) is 15.6 Å². The number of halogens is 1. The fourth-order valence-electron chi connectivity index (χ4n) is 2.11. The zero-order valence-electron chi connectivity index (χ0n) is 12.3. The first-order valence-corrected chi connectivity index (χ1v) is 7.80. The van der Waals surface area contributed by atoms with Crippen LogP contribution < -0.4 is 10.6 Å². The molecule has 0 unspecified atom stereocenters. The zero-order chi connectivity index (χ0) is 16.2. The van der Waals surface area contributed by atoms with E-state index in [0.717, 1.165) is 16.1 Å². The Morgan fingerprint density at radius 1 is 1.04 bits per heavy atom. The van der Waals surface area contributed by atoms with Crippen LogP contribution >= 0.6 is 11.3 Å². The summed E-state index contributed by atoms with van der Waals surface area (Å²) in [7, 11) is 0. The number of anilines is 2. The largest absolute Gasteiger partial charge is 0.325 e. The number of amides is 2. The average Bonchev–Trinajstić information content (AvgIpc) is 2.89. The van der Waals surface area contributed by atoms with Gasteiger partial charge in [-0.05, 0) is 43.3 Å². The van der Waals surface area contributed by atoms with Gasteiger partial charge in [0.1, 0.15) is 5.82 Å². The molecule has 0 spiro atoms. The number of nitrogens with one attached hydrogen (secondary N) is 2. The van der Waals surface area contributed by atoms with Crippen molar-refractivity contribution >= 4 is 28.2 Å². The molecule has 3 rings (SSSR count). The SMILES string of the molecule is Cc1sc(NC(=O)Nc2ccccc2)nc1-c1ccc(F)cc1. The van der Waals surface area contributed by atoms with Crippen LogP contribution in [0.15, 0.2) is 54.6 Å². The molecule has 2 aromatic carbocycles. The molecule has 0 saturated heterocycles. The lowest BCUT2D eigenvalue weighted by Crippen LogP contribution is -2.19. The molecule has 1 heterocycles. The van der Waals surface area contributed by atoms with Crippen LogP contribution in [0.2, 0.25) is 0 Å². The third kappa shape index (κ3) is 3.73. The van der Waals surface area contributed by atoms with Gasteiger partial charge in [-0.2, -0.15) is 0 Å². The van der Waals surface area contributed by atoms with Crippen LogP contribution in [-0.2, 0) is 0 Å². The number of carbonyl (C=O) groups is 1. The average molecular weight is 327 g/mol. The molecule has 0 saturated carbocycles. The van der Waals surface area contributed by atoms with Gasteiger partial charge in [0.25, 0.3) is 0 Å². The van der Waals surface area contributed by atoms with E-state index in [4.69, 9.17) is 0 Å². The number of aryl methyl sites for hydroxylation is 1. The molecule has 116 valence electrons. The van der Waals surface area contributed by atoms with Crippen molar-refractivity contribution in [3.05, 3.63) is 65.3 Å². The molecule has 1 aromatic heterocycles. The van der Waals surface area contributed by atoms with Gasteiger partial charge in [0.15, 0.2) is 5.13 Å². The number of benzene rings is 2. The topological polar surface area (TPSA) is 54.0 Å². The molecule has 23 heavy (non-hydrogen) atoms. The molecule has 0 fully saturated rings. The molecule has 0 aliphatic heterocycles. The Hall–Kier alpha value is -2.73. The number of nitrogens with zero attached hydrogens (tertiary/aromatic N) is 1. The molecule has 0 radical (unpaired) electrons. The molecule has 3 aromatic rings. The normalized spacial score (nSPS) is 10.3. The van der Waals surface area contributed by atoms with Crippen LogP contribution in [0.1, 0.15) is 4.88 Å². The van der Waals surface area contributed by atoms with Gasteiger partial charge in [0.05, 0.1) is 5.69 Å². The second-order valence-corrected chi connectivity index (χ2v) is 6.08. The highest BCUT2D eigenvalue weighted by atomic mass is 32.1. The minimum Gasteiger partial charge on any atom is -0.308 e. The summed E-state index contributed by atoms with van der Waals surface area (Å²) in [5.74, 6) is -0.290. The molecule has 0 atom stereocenters. The summed E-state index contributed by atoms with van der Waals surface area (Å²) in [4.78, 5) is 17.3. The van der Waals surface area contributed by atoms with Gasteiger partial charge in [-0.1, -0.05) is 18.2 Å². The first-order chi connectivity index (χ1) is 11.1. The summed E-state index contributed by atoms with van der Waals surface area (Å²) < 4.78 is 13.0. The number of thiazole rings is 1. The van der Waals surface area contributed by atoms with Crippen molar-refractivity contribution in [3.8, 4) is 11.3 Å². The van der Waals surface area contributed by atoms with Gasteiger partial charge in [0.2, 0.25) is 0 Å². The van der Waals surface area contributed by atoms with E-state index >= 15 is 0 Å². The van der Waals surface area contributed by atoms with Crippen molar-refractivity contribution in [1.82, 2.24) is 4.98 Å². The van der Waals surface area contributed by atoms with Gasteiger partial charge in [0, 0.05) is 16.1 Å². The quantitative estimate of drug-likeness (QED) is 0.719. The Morgan fingerprint density at radius 2 is 1.74 bits per heavy atom. The fraction of sp³-hybridized carbons (Fsp3) is 0.0588. The molecule has 2 amide bonds. The maximum absolute atomic E-state index is 13.0. The number of para-hydroxylation sites is 1. The zero-order valence-corrected chi connectivity index (χ0v) is 13.2. The summed E-state index contributed by atoms with van der Waals surface area (Å²) in [5.41, 5.74) is 2.26. The van der Waals surface area contributed by atoms with Crippen LogP contribution in [0.25, 0.3) is 11.3 Å². The Kier molecular flexibility index (Phi) is 4.34. The lowest BCUT2D eigenvalue weighted by Gasteiger charge is -2.04. The maximum Gasteiger partial charge on any atom is 0.325 e. The molecule has 4 nitrogen and oxygen atoms in total. The number of hydrogen-bond donors (Lipinski definition) is 2. The summed E-state index contributed by atoms with van der Waals surface area (Å²) >= 11 is 1.38. The van der Waals surface area contributed by atoms with Crippen LogP contribution in [0.3, 0.4) is 0 Å². The number of hydrogen-bond acceptors (Lipinski definition) is 3. The van der Waals surface area contributed by atoms with Crippen molar-refractivity contribution in [3.63, 3.8) is 0 Å². The lowest BCUT2D eigenvalue weighted by molar-refractivity contribution is 0.262. The molecular weight excluding hydrogens is 313 g/mol. The molecule has 0 bridgehead atoms. The highest BCUT2D eigenvalue weighted by Gasteiger charge is 2.12. The third-order valence-electron chi connectivity index (χ3n) is 3.17. The minimum absolute atomic E-state index is 0.290. The summed E-state index contributed by atoms with van der Waals surface area (Å²) in [6.45, 7) is 1.91. The van der Waals surface area contributed by atoms with E-state index in [1.54, 1.807) is 24.3 Å². The summed E-state index contributed by atoms with van der Waals surface area (Å²) in [5, 5.41) is 5.95. The number of carbonyl (C=O) groups excluding carboxylic acids is 1. The summed E-state index contributed by atoms with van der Waals surface area (Å²) in [6.07, 6.45) is 0. The molecular formula is C17H14FN3OS. The third-order valence-corrected chi connectivity index (χ3v) is 4.05. The number of rotatable bonds is 3. The highest BCUT2D eigenvalue weighted by Crippen LogP contribution is 2.30. The van der Waals surface area contributed by atoms with Crippen molar-refractivity contribution in [2.75, 3.05) is 10.6 Å². The van der Waals surface area contributed by atoms with Crippen LogP contribution in [0, 0.1) is 12.7 Å². The van der Waals surface area contributed by atoms with E-state index in [9.17, 15) is 9.18 Å². The van der Waals surface area contributed by atoms with Crippen LogP contribution in [0.4, 0.5) is 20.0 Å². The van der Waals surface area contributed by atoms with Gasteiger partial charge in [-0.25, -0.2) is 14.2 Å². The van der Waals surface area contributed by atoms with E-state index in [1.165, 1.54) is 23.5 Å². The second kappa shape index (κ2) is 6.58. The standard InChI is InChI=1S/C17H14FN3OS/c1-11-15(12-7-9-13(18)10-8-12)20-17(23-11)21-16(22)19-14-5-3-2-4-6-14/h2-10H,1H3,(H2,19,20,21,22). The fourth-order valence-corrected chi connectivity index (χ4v) is 2.94. The van der Waals surface area contributed by atoms with Crippen molar-refractivity contribution in [1.29, 1.82) is 0 Å². The Labute approximate surface area is 137 Å². The molecule has 0 aliphatic rings.